The van der Waals surface area contributed by atoms with Gasteiger partial charge in [0.25, 0.3) is 5.95 Å². The van der Waals surface area contributed by atoms with E-state index in [0.717, 1.165) is 24.8 Å². The van der Waals surface area contributed by atoms with Gasteiger partial charge in [0.05, 0.1) is 15.8 Å². The summed E-state index contributed by atoms with van der Waals surface area (Å²) in [6.07, 6.45) is 3.26. The lowest BCUT2D eigenvalue weighted by Gasteiger charge is -2.39. The molecule has 3 atom stereocenters. The molecule has 98 valence electrons. The molecule has 0 saturated heterocycles. The molecular weight excluding hydrogens is 308 g/mol. The summed E-state index contributed by atoms with van der Waals surface area (Å²) in [6.45, 7) is 0. The molecule has 1 fully saturated rings. The Kier molecular flexibility index (Phi) is 2.49. The van der Waals surface area contributed by atoms with Gasteiger partial charge in [-0.15, -0.1) is 0 Å². The molecule has 1 aromatic carbocycles. The van der Waals surface area contributed by atoms with Crippen molar-refractivity contribution in [1.82, 2.24) is 0 Å². The maximum absolute atomic E-state index is 12.7. The molecule has 19 heavy (non-hydrogen) atoms. The number of hydrogen-bond donors (Lipinski definition) is 0. The second kappa shape index (κ2) is 4.10. The SMILES string of the molecule is O=c1c2c(oc3ccccc13)OC1CCCC2C1Br. The van der Waals surface area contributed by atoms with E-state index < -0.39 is 0 Å². The molecule has 4 heteroatoms. The lowest BCUT2D eigenvalue weighted by Crippen LogP contribution is -2.42. The summed E-state index contributed by atoms with van der Waals surface area (Å²) in [6, 6.07) is 7.37. The van der Waals surface area contributed by atoms with Crippen LogP contribution in [0.4, 0.5) is 0 Å². The minimum atomic E-state index is 0.0617. The van der Waals surface area contributed by atoms with Gasteiger partial charge in [-0.3, -0.25) is 4.79 Å². The molecule has 1 aliphatic carbocycles. The van der Waals surface area contributed by atoms with Crippen LogP contribution in [0.15, 0.2) is 33.5 Å². The standard InChI is InChI=1S/C15H13BrO3/c16-13-9-5-3-7-11(13)19-15-12(9)14(17)8-4-1-2-6-10(8)18-15/h1-2,4,6,9,11,13H,3,5,7H2. The Balaban J connectivity index is 2.03. The summed E-state index contributed by atoms with van der Waals surface area (Å²) in [4.78, 5) is 12.9. The molecule has 0 N–H and O–H groups in total. The Hall–Kier alpha value is -1.29. The first kappa shape index (κ1) is 11.5. The van der Waals surface area contributed by atoms with E-state index >= 15 is 0 Å². The van der Waals surface area contributed by atoms with Crippen molar-refractivity contribution in [2.75, 3.05) is 0 Å². The smallest absolute Gasteiger partial charge is 0.292 e. The van der Waals surface area contributed by atoms with Crippen molar-refractivity contribution in [3.63, 3.8) is 0 Å². The van der Waals surface area contributed by atoms with E-state index in [9.17, 15) is 4.79 Å². The molecule has 0 amide bonds. The summed E-state index contributed by atoms with van der Waals surface area (Å²) in [5, 5.41) is 0.647. The average Bonchev–Trinajstić information content (AvgIpc) is 2.40. The van der Waals surface area contributed by atoms with Gasteiger partial charge in [0.2, 0.25) is 0 Å². The monoisotopic (exact) mass is 320 g/mol. The predicted molar refractivity (Wildman–Crippen MR) is 76.2 cm³/mol. The van der Waals surface area contributed by atoms with Crippen LogP contribution in [0.2, 0.25) is 0 Å². The Morgan fingerprint density at radius 1 is 1.21 bits per heavy atom. The Bertz CT molecular complexity index is 706. The van der Waals surface area contributed by atoms with Gasteiger partial charge >= 0.3 is 0 Å². The van der Waals surface area contributed by atoms with Gasteiger partial charge in [-0.2, -0.15) is 0 Å². The number of benzene rings is 1. The minimum absolute atomic E-state index is 0.0617. The van der Waals surface area contributed by atoms with E-state index in [4.69, 9.17) is 9.15 Å². The summed E-state index contributed by atoms with van der Waals surface area (Å²) in [5.74, 6) is 0.650. The van der Waals surface area contributed by atoms with Crippen LogP contribution in [-0.4, -0.2) is 10.9 Å². The molecule has 0 spiro atoms. The number of ether oxygens (including phenoxy) is 1. The number of halogens is 1. The van der Waals surface area contributed by atoms with Crippen molar-refractivity contribution in [2.45, 2.75) is 36.1 Å². The zero-order chi connectivity index (χ0) is 13.0. The normalized spacial score (nSPS) is 28.8. The first-order chi connectivity index (χ1) is 9.25. The molecule has 2 aromatic rings. The third-order valence-corrected chi connectivity index (χ3v) is 5.40. The highest BCUT2D eigenvalue weighted by Gasteiger charge is 2.42. The molecule has 2 aliphatic rings. The molecule has 2 bridgehead atoms. The largest absolute Gasteiger partial charge is 0.460 e. The Morgan fingerprint density at radius 2 is 2.05 bits per heavy atom. The minimum Gasteiger partial charge on any atom is -0.460 e. The van der Waals surface area contributed by atoms with Crippen LogP contribution in [0, 0.1) is 0 Å². The third-order valence-electron chi connectivity index (χ3n) is 4.17. The predicted octanol–water partition coefficient (Wildman–Crippen LogP) is 3.59. The number of rotatable bonds is 0. The van der Waals surface area contributed by atoms with Gasteiger partial charge in [0.1, 0.15) is 11.7 Å². The van der Waals surface area contributed by atoms with Crippen LogP contribution in [0.1, 0.15) is 30.7 Å². The second-order valence-electron chi connectivity index (χ2n) is 5.27. The highest BCUT2D eigenvalue weighted by atomic mass is 79.9. The highest BCUT2D eigenvalue weighted by Crippen LogP contribution is 2.46. The van der Waals surface area contributed by atoms with Gasteiger partial charge in [0, 0.05) is 5.92 Å². The number of alkyl halides is 1. The van der Waals surface area contributed by atoms with Crippen LogP contribution in [0.25, 0.3) is 11.0 Å². The van der Waals surface area contributed by atoms with Crippen LogP contribution in [-0.2, 0) is 0 Å². The van der Waals surface area contributed by atoms with Crippen molar-refractivity contribution in [1.29, 1.82) is 0 Å². The summed E-state index contributed by atoms with van der Waals surface area (Å²) < 4.78 is 11.7. The maximum Gasteiger partial charge on any atom is 0.292 e. The number of fused-ring (bicyclic) bond motifs is 5. The van der Waals surface area contributed by atoms with E-state index in [-0.39, 0.29) is 22.3 Å². The van der Waals surface area contributed by atoms with Gasteiger partial charge in [-0.05, 0) is 31.4 Å². The summed E-state index contributed by atoms with van der Waals surface area (Å²) in [5.41, 5.74) is 1.39. The van der Waals surface area contributed by atoms with Crippen molar-refractivity contribution >= 4 is 26.9 Å². The molecule has 0 radical (unpaired) electrons. The lowest BCUT2D eigenvalue weighted by molar-refractivity contribution is 0.0940. The summed E-state index contributed by atoms with van der Waals surface area (Å²) in [7, 11) is 0. The number of hydrogen-bond acceptors (Lipinski definition) is 3. The van der Waals surface area contributed by atoms with Crippen LogP contribution in [0.3, 0.4) is 0 Å². The zero-order valence-corrected chi connectivity index (χ0v) is 11.9. The van der Waals surface area contributed by atoms with Crippen molar-refractivity contribution in [2.24, 2.45) is 0 Å². The maximum atomic E-state index is 12.7. The van der Waals surface area contributed by atoms with E-state index in [2.05, 4.69) is 15.9 Å². The quantitative estimate of drug-likeness (QED) is 0.696. The topological polar surface area (TPSA) is 39.4 Å². The first-order valence-electron chi connectivity index (χ1n) is 6.62. The Labute approximate surface area is 118 Å². The van der Waals surface area contributed by atoms with Gasteiger partial charge in [-0.1, -0.05) is 28.1 Å². The molecule has 1 aliphatic heterocycles. The van der Waals surface area contributed by atoms with E-state index in [1.54, 1.807) is 0 Å². The van der Waals surface area contributed by atoms with Gasteiger partial charge < -0.3 is 9.15 Å². The fraction of sp³-hybridized carbons (Fsp3) is 0.400. The fourth-order valence-electron chi connectivity index (χ4n) is 3.22. The van der Waals surface area contributed by atoms with Crippen molar-refractivity contribution < 1.29 is 9.15 Å². The van der Waals surface area contributed by atoms with Gasteiger partial charge in [-0.25, -0.2) is 0 Å². The van der Waals surface area contributed by atoms with Crippen molar-refractivity contribution in [3.8, 4) is 5.95 Å². The molecular formula is C15H13BrO3. The van der Waals surface area contributed by atoms with Crippen LogP contribution in [0.5, 0.6) is 5.95 Å². The zero-order valence-electron chi connectivity index (χ0n) is 10.3. The van der Waals surface area contributed by atoms with E-state index in [1.807, 2.05) is 24.3 Å². The molecule has 4 rings (SSSR count). The van der Waals surface area contributed by atoms with Crippen LogP contribution >= 0.6 is 15.9 Å². The molecule has 3 unspecified atom stereocenters. The van der Waals surface area contributed by atoms with Gasteiger partial charge in [0.15, 0.2) is 5.43 Å². The average molecular weight is 321 g/mol. The second-order valence-corrected chi connectivity index (χ2v) is 6.32. The molecule has 2 heterocycles. The molecule has 3 nitrogen and oxygen atoms in total. The highest BCUT2D eigenvalue weighted by molar-refractivity contribution is 9.09. The van der Waals surface area contributed by atoms with Crippen molar-refractivity contribution in [3.05, 3.63) is 40.1 Å². The third kappa shape index (κ3) is 1.59. The number of para-hydroxylation sites is 1. The Morgan fingerprint density at radius 3 is 2.95 bits per heavy atom. The first-order valence-corrected chi connectivity index (χ1v) is 7.54. The summed E-state index contributed by atoms with van der Waals surface area (Å²) >= 11 is 3.69. The van der Waals surface area contributed by atoms with Crippen LogP contribution < -0.4 is 10.2 Å². The fourth-order valence-corrected chi connectivity index (χ4v) is 4.13. The van der Waals surface area contributed by atoms with E-state index in [1.165, 1.54) is 0 Å². The lowest BCUT2D eigenvalue weighted by atomic mass is 9.80. The molecule has 1 aromatic heterocycles. The molecule has 1 saturated carbocycles. The van der Waals surface area contributed by atoms with E-state index in [0.29, 0.717) is 16.9 Å².